The molecule has 1 heterocycles. The molecule has 0 amide bonds. The lowest BCUT2D eigenvalue weighted by Crippen LogP contribution is -2.22. The van der Waals surface area contributed by atoms with Crippen molar-refractivity contribution in [2.24, 2.45) is 11.8 Å². The molecule has 174 valence electrons. The Kier molecular flexibility index (Phi) is 7.04. The van der Waals surface area contributed by atoms with Crippen LogP contribution in [-0.4, -0.2) is 35.0 Å². The summed E-state index contributed by atoms with van der Waals surface area (Å²) >= 11 is 0. The SMILES string of the molecule is COc1cc(OC)cc([C@@H](O)[C@@H](CC2Cc3ccccc3C2)Cn2ccc(CC(=O)O)c2)c1. The van der Waals surface area contributed by atoms with E-state index in [-0.39, 0.29) is 12.3 Å². The van der Waals surface area contributed by atoms with Crippen LogP contribution in [0.2, 0.25) is 0 Å². The van der Waals surface area contributed by atoms with Crippen LogP contribution in [0.3, 0.4) is 0 Å². The van der Waals surface area contributed by atoms with E-state index in [0.717, 1.165) is 30.4 Å². The molecule has 6 nitrogen and oxygen atoms in total. The highest BCUT2D eigenvalue weighted by Gasteiger charge is 2.29. The van der Waals surface area contributed by atoms with Crippen LogP contribution in [-0.2, 0) is 30.6 Å². The van der Waals surface area contributed by atoms with Crippen molar-refractivity contribution in [2.75, 3.05) is 14.2 Å². The number of ether oxygens (including phenoxy) is 2. The van der Waals surface area contributed by atoms with Crippen molar-refractivity contribution in [3.05, 3.63) is 83.2 Å². The average molecular weight is 450 g/mol. The van der Waals surface area contributed by atoms with E-state index in [2.05, 4.69) is 24.3 Å². The smallest absolute Gasteiger partial charge is 0.307 e. The molecular weight excluding hydrogens is 418 g/mol. The number of benzene rings is 2. The maximum atomic E-state index is 11.5. The van der Waals surface area contributed by atoms with Crippen LogP contribution in [0.15, 0.2) is 60.9 Å². The van der Waals surface area contributed by atoms with E-state index in [1.807, 2.05) is 35.2 Å². The zero-order valence-corrected chi connectivity index (χ0v) is 19.1. The number of carboxylic acid groups (broad SMARTS) is 1. The van der Waals surface area contributed by atoms with Gasteiger partial charge >= 0.3 is 5.97 Å². The van der Waals surface area contributed by atoms with E-state index in [9.17, 15) is 9.90 Å². The fraction of sp³-hybridized carbons (Fsp3) is 0.370. The van der Waals surface area contributed by atoms with Crippen molar-refractivity contribution in [3.8, 4) is 11.5 Å². The third kappa shape index (κ3) is 5.57. The molecule has 4 rings (SSSR count). The maximum absolute atomic E-state index is 11.5. The Morgan fingerprint density at radius 3 is 2.27 bits per heavy atom. The van der Waals surface area contributed by atoms with Gasteiger partial charge in [0.05, 0.1) is 26.7 Å². The van der Waals surface area contributed by atoms with Crippen LogP contribution >= 0.6 is 0 Å². The third-order valence-corrected chi connectivity index (χ3v) is 6.55. The summed E-state index contributed by atoms with van der Waals surface area (Å²) in [7, 11) is 3.20. The monoisotopic (exact) mass is 449 g/mol. The molecule has 0 radical (unpaired) electrons. The first-order valence-electron chi connectivity index (χ1n) is 11.3. The number of carboxylic acids is 1. The second kappa shape index (κ2) is 10.1. The summed E-state index contributed by atoms with van der Waals surface area (Å²) in [4.78, 5) is 11.1. The summed E-state index contributed by atoms with van der Waals surface area (Å²) in [6.45, 7) is 0.590. The number of aliphatic hydroxyl groups is 1. The van der Waals surface area contributed by atoms with Crippen LogP contribution in [0.5, 0.6) is 11.5 Å². The molecular formula is C27H31NO5. The first-order valence-corrected chi connectivity index (χ1v) is 11.3. The Morgan fingerprint density at radius 2 is 1.70 bits per heavy atom. The molecule has 0 aliphatic heterocycles. The molecule has 6 heteroatoms. The molecule has 0 saturated carbocycles. The Morgan fingerprint density at radius 1 is 1.06 bits per heavy atom. The summed E-state index contributed by atoms with van der Waals surface area (Å²) in [5, 5.41) is 20.6. The standard InChI is InChI=1S/C27H31NO5/c1-32-24-13-22(14-25(15-24)33-2)27(31)23(17-28-8-7-18(16-28)12-26(29)30)11-19-9-20-5-3-4-6-21(20)10-19/h3-8,13-16,19,23,27,31H,9-12,17H2,1-2H3,(H,29,30)/t23-,27+/m0/s1. The van der Waals surface area contributed by atoms with Crippen LogP contribution < -0.4 is 9.47 Å². The van der Waals surface area contributed by atoms with Gasteiger partial charge in [-0.25, -0.2) is 0 Å². The summed E-state index contributed by atoms with van der Waals surface area (Å²) in [6, 6.07) is 15.9. The van der Waals surface area contributed by atoms with Gasteiger partial charge < -0.3 is 24.3 Å². The number of methoxy groups -OCH3 is 2. The minimum atomic E-state index is -0.850. The van der Waals surface area contributed by atoms with E-state index in [1.54, 1.807) is 20.3 Å². The number of rotatable bonds is 10. The zero-order valence-electron chi connectivity index (χ0n) is 19.1. The molecule has 0 saturated heterocycles. The van der Waals surface area contributed by atoms with Crippen LogP contribution in [0.1, 0.15) is 34.8 Å². The van der Waals surface area contributed by atoms with Gasteiger partial charge in [-0.05, 0) is 65.6 Å². The van der Waals surface area contributed by atoms with Crippen molar-refractivity contribution in [2.45, 2.75) is 38.3 Å². The Hall–Kier alpha value is -3.25. The van der Waals surface area contributed by atoms with Crippen molar-refractivity contribution in [1.29, 1.82) is 0 Å². The number of nitrogens with zero attached hydrogens (tertiary/aromatic N) is 1. The number of fused-ring (bicyclic) bond motifs is 1. The van der Waals surface area contributed by atoms with E-state index < -0.39 is 12.1 Å². The first-order chi connectivity index (χ1) is 15.9. The lowest BCUT2D eigenvalue weighted by atomic mass is 9.85. The molecule has 33 heavy (non-hydrogen) atoms. The molecule has 1 aliphatic rings. The van der Waals surface area contributed by atoms with Crippen molar-refractivity contribution in [3.63, 3.8) is 0 Å². The number of hydrogen-bond acceptors (Lipinski definition) is 4. The topological polar surface area (TPSA) is 80.9 Å². The Labute approximate surface area is 194 Å². The van der Waals surface area contributed by atoms with E-state index in [1.165, 1.54) is 11.1 Å². The third-order valence-electron chi connectivity index (χ3n) is 6.55. The van der Waals surface area contributed by atoms with Gasteiger partial charge in [-0.3, -0.25) is 4.79 Å². The van der Waals surface area contributed by atoms with Gasteiger partial charge in [-0.15, -0.1) is 0 Å². The summed E-state index contributed by atoms with van der Waals surface area (Å²) in [5.41, 5.74) is 4.30. The number of hydrogen-bond donors (Lipinski definition) is 2. The lowest BCUT2D eigenvalue weighted by Gasteiger charge is -2.27. The van der Waals surface area contributed by atoms with Crippen LogP contribution in [0, 0.1) is 11.8 Å². The van der Waals surface area contributed by atoms with Gasteiger partial charge in [-0.1, -0.05) is 24.3 Å². The highest BCUT2D eigenvalue weighted by atomic mass is 16.5. The van der Waals surface area contributed by atoms with Crippen molar-refractivity contribution >= 4 is 5.97 Å². The normalized spacial score (nSPS) is 15.1. The Bertz CT molecular complexity index is 1060. The van der Waals surface area contributed by atoms with Gasteiger partial charge in [0.15, 0.2) is 0 Å². The fourth-order valence-corrected chi connectivity index (χ4v) is 4.97. The van der Waals surface area contributed by atoms with Gasteiger partial charge in [0.25, 0.3) is 0 Å². The number of carbonyl (C=O) groups is 1. The van der Waals surface area contributed by atoms with E-state index in [4.69, 9.17) is 14.6 Å². The molecule has 2 aromatic carbocycles. The molecule has 3 aromatic rings. The van der Waals surface area contributed by atoms with Crippen molar-refractivity contribution < 1.29 is 24.5 Å². The summed E-state index contributed by atoms with van der Waals surface area (Å²) in [5.74, 6) is 0.812. The van der Waals surface area contributed by atoms with Gasteiger partial charge in [0, 0.05) is 30.9 Å². The minimum Gasteiger partial charge on any atom is -0.497 e. The van der Waals surface area contributed by atoms with E-state index in [0.29, 0.717) is 24.0 Å². The van der Waals surface area contributed by atoms with Gasteiger partial charge in [0.1, 0.15) is 11.5 Å². The van der Waals surface area contributed by atoms with Gasteiger partial charge in [0.2, 0.25) is 0 Å². The second-order valence-electron chi connectivity index (χ2n) is 8.92. The molecule has 2 atom stereocenters. The zero-order chi connectivity index (χ0) is 23.4. The molecule has 0 bridgehead atoms. The predicted octanol–water partition coefficient (Wildman–Crippen LogP) is 4.29. The van der Waals surface area contributed by atoms with Crippen LogP contribution in [0.4, 0.5) is 0 Å². The maximum Gasteiger partial charge on any atom is 0.307 e. The van der Waals surface area contributed by atoms with Crippen molar-refractivity contribution in [1.82, 2.24) is 4.57 Å². The molecule has 0 unspecified atom stereocenters. The average Bonchev–Trinajstić information content (AvgIpc) is 3.43. The number of aliphatic hydroxyl groups excluding tert-OH is 1. The largest absolute Gasteiger partial charge is 0.497 e. The lowest BCUT2D eigenvalue weighted by molar-refractivity contribution is -0.136. The molecule has 1 aliphatic carbocycles. The second-order valence-corrected chi connectivity index (χ2v) is 8.92. The highest BCUT2D eigenvalue weighted by Crippen LogP contribution is 2.37. The predicted molar refractivity (Wildman–Crippen MR) is 126 cm³/mol. The highest BCUT2D eigenvalue weighted by molar-refractivity contribution is 5.70. The molecule has 0 spiro atoms. The Balaban J connectivity index is 1.58. The molecule has 2 N–H and O–H groups in total. The molecule has 1 aromatic heterocycles. The van der Waals surface area contributed by atoms with Crippen LogP contribution in [0.25, 0.3) is 0 Å². The quantitative estimate of drug-likeness (QED) is 0.483. The summed E-state index contributed by atoms with van der Waals surface area (Å²) < 4.78 is 12.8. The minimum absolute atomic E-state index is 0.00869. The number of aromatic nitrogens is 1. The summed E-state index contributed by atoms with van der Waals surface area (Å²) in [6.07, 6.45) is 5.90. The van der Waals surface area contributed by atoms with Gasteiger partial charge in [-0.2, -0.15) is 0 Å². The molecule has 0 fully saturated rings. The first kappa shape index (κ1) is 22.9. The number of aliphatic carboxylic acids is 1. The van der Waals surface area contributed by atoms with E-state index >= 15 is 0 Å². The fourth-order valence-electron chi connectivity index (χ4n) is 4.97.